The van der Waals surface area contributed by atoms with E-state index in [2.05, 4.69) is 0 Å². The van der Waals surface area contributed by atoms with Gasteiger partial charge in [0.25, 0.3) is 0 Å². The van der Waals surface area contributed by atoms with Gasteiger partial charge in [0, 0.05) is 0 Å². The summed E-state index contributed by atoms with van der Waals surface area (Å²) in [5.41, 5.74) is 6.42. The Labute approximate surface area is 114 Å². The van der Waals surface area contributed by atoms with Crippen LogP contribution in [0.1, 0.15) is 22.3 Å². The maximum Gasteiger partial charge on any atom is 0.113 e. The molecule has 18 heavy (non-hydrogen) atoms. The van der Waals surface area contributed by atoms with Crippen LogP contribution in [-0.2, 0) is 0 Å². The lowest BCUT2D eigenvalue weighted by Gasteiger charge is -2.22. The van der Waals surface area contributed by atoms with Crippen molar-refractivity contribution >= 4 is 64.0 Å². The third kappa shape index (κ3) is 1.58. The minimum absolute atomic E-state index is 0.631. The Bertz CT molecular complexity index is 559. The minimum atomic E-state index is 0.631. The molecule has 0 aliphatic rings. The molecule has 0 aliphatic carbocycles. The fraction of sp³-hybridized carbons (Fsp3) is 0.286. The van der Waals surface area contributed by atoms with Crippen molar-refractivity contribution in [1.29, 1.82) is 0 Å². The third-order valence-corrected chi connectivity index (χ3v) is 3.95. The summed E-state index contributed by atoms with van der Waals surface area (Å²) in [4.78, 5) is 0. The molecule has 0 saturated carbocycles. The molecule has 0 spiro atoms. The van der Waals surface area contributed by atoms with Crippen molar-refractivity contribution in [3.8, 4) is 0 Å². The van der Waals surface area contributed by atoms with Gasteiger partial charge in [-0.25, -0.2) is 0 Å². The second-order valence-corrected chi connectivity index (χ2v) is 4.90. The van der Waals surface area contributed by atoms with Crippen molar-refractivity contribution in [2.75, 3.05) is 0 Å². The Balaban J connectivity index is 3.22. The standard InChI is InChI=1S/C14H12B4/c1-5-9-6(2)13(17)14(18)8(4)10(9)7(3)12(16)11(5)15/h1-4H3. The third-order valence-electron chi connectivity index (χ3n) is 3.95. The topological polar surface area (TPSA) is 0 Å². The molecule has 0 atom stereocenters. The first-order valence-corrected chi connectivity index (χ1v) is 5.90. The van der Waals surface area contributed by atoms with Gasteiger partial charge < -0.3 is 0 Å². The monoisotopic (exact) mass is 224 g/mol. The Morgan fingerprint density at radius 1 is 0.444 bits per heavy atom. The van der Waals surface area contributed by atoms with Crippen LogP contribution < -0.4 is 21.9 Å². The number of aryl methyl sites for hydroxylation is 4. The van der Waals surface area contributed by atoms with Gasteiger partial charge in [-0.1, -0.05) is 44.1 Å². The highest BCUT2D eigenvalue weighted by Crippen LogP contribution is 2.24. The molecule has 0 N–H and O–H groups in total. The minimum Gasteiger partial charge on any atom is -0.0998 e. The summed E-state index contributed by atoms with van der Waals surface area (Å²) in [7, 11) is 24.2. The molecule has 2 aromatic carbocycles. The Kier molecular flexibility index (Phi) is 3.17. The number of hydrogen-bond acceptors (Lipinski definition) is 0. The van der Waals surface area contributed by atoms with Crippen LogP contribution in [0.2, 0.25) is 0 Å². The van der Waals surface area contributed by atoms with Crippen molar-refractivity contribution in [3.63, 3.8) is 0 Å². The van der Waals surface area contributed by atoms with E-state index in [9.17, 15) is 0 Å². The predicted molar refractivity (Wildman–Crippen MR) is 84.4 cm³/mol. The maximum absolute atomic E-state index is 6.06. The first-order valence-electron chi connectivity index (χ1n) is 5.90. The van der Waals surface area contributed by atoms with E-state index in [1.807, 2.05) is 27.7 Å². The summed E-state index contributed by atoms with van der Waals surface area (Å²) in [5, 5.41) is 2.15. The van der Waals surface area contributed by atoms with Crippen LogP contribution in [0.15, 0.2) is 0 Å². The molecule has 0 amide bonds. The van der Waals surface area contributed by atoms with Gasteiger partial charge in [-0.15, -0.1) is 0 Å². The molecule has 0 nitrogen and oxygen atoms in total. The average Bonchev–Trinajstić information content (AvgIpc) is 2.35. The SMILES string of the molecule is [B]c1c([B])c(C)c2c(C)c([B])c([B])c(C)c2c1C. The zero-order valence-electron chi connectivity index (χ0n) is 11.3. The first-order chi connectivity index (χ1) is 8.29. The van der Waals surface area contributed by atoms with Crippen LogP contribution in [0.5, 0.6) is 0 Å². The molecule has 0 unspecified atom stereocenters. The highest BCUT2D eigenvalue weighted by molar-refractivity contribution is 6.54. The van der Waals surface area contributed by atoms with Crippen LogP contribution in [-0.4, -0.2) is 31.4 Å². The van der Waals surface area contributed by atoms with Gasteiger partial charge in [0.05, 0.1) is 0 Å². The van der Waals surface area contributed by atoms with Crippen LogP contribution in [0.4, 0.5) is 0 Å². The lowest BCUT2D eigenvalue weighted by Crippen LogP contribution is -2.36. The van der Waals surface area contributed by atoms with Crippen LogP contribution >= 0.6 is 0 Å². The van der Waals surface area contributed by atoms with Gasteiger partial charge >= 0.3 is 0 Å². The molecular formula is C14H12B4. The average molecular weight is 223 g/mol. The van der Waals surface area contributed by atoms with Crippen molar-refractivity contribution in [2.45, 2.75) is 27.7 Å². The summed E-state index contributed by atoms with van der Waals surface area (Å²) in [6, 6.07) is 0. The van der Waals surface area contributed by atoms with Crippen molar-refractivity contribution in [2.24, 2.45) is 0 Å². The van der Waals surface area contributed by atoms with Crippen LogP contribution in [0, 0.1) is 27.7 Å². The van der Waals surface area contributed by atoms with Crippen molar-refractivity contribution in [1.82, 2.24) is 0 Å². The molecule has 2 rings (SSSR count). The molecule has 2 aromatic rings. The maximum atomic E-state index is 6.06. The number of rotatable bonds is 0. The van der Waals surface area contributed by atoms with Crippen molar-refractivity contribution < 1.29 is 0 Å². The molecular weight excluding hydrogens is 211 g/mol. The first kappa shape index (κ1) is 13.4. The fourth-order valence-corrected chi connectivity index (χ4v) is 2.66. The Hall–Kier alpha value is -1.04. The Morgan fingerprint density at radius 2 is 0.611 bits per heavy atom. The van der Waals surface area contributed by atoms with Gasteiger partial charge in [0.1, 0.15) is 31.4 Å². The lowest BCUT2D eigenvalue weighted by atomic mass is 9.67. The second-order valence-electron chi connectivity index (χ2n) is 4.90. The molecule has 0 aromatic heterocycles. The van der Waals surface area contributed by atoms with Crippen molar-refractivity contribution in [3.05, 3.63) is 22.3 Å². The van der Waals surface area contributed by atoms with E-state index < -0.39 is 0 Å². The summed E-state index contributed by atoms with van der Waals surface area (Å²) >= 11 is 0. The fourth-order valence-electron chi connectivity index (χ4n) is 2.66. The van der Waals surface area contributed by atoms with Gasteiger partial charge in [-0.3, -0.25) is 0 Å². The number of benzene rings is 2. The summed E-state index contributed by atoms with van der Waals surface area (Å²) < 4.78 is 0. The van der Waals surface area contributed by atoms with Crippen LogP contribution in [0.25, 0.3) is 10.8 Å². The lowest BCUT2D eigenvalue weighted by molar-refractivity contribution is 1.45. The largest absolute Gasteiger partial charge is 0.113 e. The van der Waals surface area contributed by atoms with Gasteiger partial charge in [0.15, 0.2) is 0 Å². The van der Waals surface area contributed by atoms with Crippen LogP contribution in [0.3, 0.4) is 0 Å². The molecule has 0 saturated heterocycles. The quantitative estimate of drug-likeness (QED) is 0.516. The summed E-state index contributed by atoms with van der Waals surface area (Å²) in [5.74, 6) is 0. The number of hydrogen-bond donors (Lipinski definition) is 0. The molecule has 0 aliphatic heterocycles. The highest BCUT2D eigenvalue weighted by Gasteiger charge is 2.15. The number of fused-ring (bicyclic) bond motifs is 1. The van der Waals surface area contributed by atoms with E-state index in [1.165, 1.54) is 0 Å². The Morgan fingerprint density at radius 3 is 0.778 bits per heavy atom. The van der Waals surface area contributed by atoms with Gasteiger partial charge in [-0.2, -0.15) is 0 Å². The van der Waals surface area contributed by atoms with E-state index in [4.69, 9.17) is 31.4 Å². The highest BCUT2D eigenvalue weighted by atomic mass is 14.2. The molecule has 4 heteroatoms. The van der Waals surface area contributed by atoms with E-state index in [-0.39, 0.29) is 0 Å². The predicted octanol–water partition coefficient (Wildman–Crippen LogP) is -0.751. The summed E-state index contributed by atoms with van der Waals surface area (Å²) in [6.45, 7) is 7.87. The van der Waals surface area contributed by atoms with E-state index in [0.717, 1.165) is 33.0 Å². The van der Waals surface area contributed by atoms with E-state index >= 15 is 0 Å². The zero-order valence-corrected chi connectivity index (χ0v) is 11.3. The molecule has 0 bridgehead atoms. The summed E-state index contributed by atoms with van der Waals surface area (Å²) in [6.07, 6.45) is 0. The zero-order chi connectivity index (χ0) is 13.8. The molecule has 8 radical (unpaired) electrons. The molecule has 0 fully saturated rings. The van der Waals surface area contributed by atoms with E-state index in [0.29, 0.717) is 21.9 Å². The normalized spacial score (nSPS) is 11.1. The smallest absolute Gasteiger partial charge is 0.0998 e. The second kappa shape index (κ2) is 4.26. The molecule has 80 valence electrons. The van der Waals surface area contributed by atoms with Gasteiger partial charge in [-0.05, 0) is 38.5 Å². The van der Waals surface area contributed by atoms with Gasteiger partial charge in [0.2, 0.25) is 0 Å². The van der Waals surface area contributed by atoms with E-state index in [1.54, 1.807) is 0 Å². The molecule has 0 heterocycles.